The lowest BCUT2D eigenvalue weighted by molar-refractivity contribution is 0.0607. The highest BCUT2D eigenvalue weighted by atomic mass is 35.5. The van der Waals surface area contributed by atoms with Crippen LogP contribution in [0.25, 0.3) is 0 Å². The predicted molar refractivity (Wildman–Crippen MR) is 109 cm³/mol. The topological polar surface area (TPSA) is 82.9 Å². The highest BCUT2D eigenvalue weighted by molar-refractivity contribution is 6.30. The molecule has 0 saturated carbocycles. The van der Waals surface area contributed by atoms with Gasteiger partial charge in [-0.1, -0.05) is 17.7 Å². The molecular weight excluding hydrogens is 432 g/mol. The lowest BCUT2D eigenvalue weighted by Crippen LogP contribution is -2.58. The van der Waals surface area contributed by atoms with Gasteiger partial charge in [-0.15, -0.1) is 0 Å². The molecule has 7 nitrogen and oxygen atoms in total. The van der Waals surface area contributed by atoms with Crippen molar-refractivity contribution in [3.63, 3.8) is 0 Å². The molecule has 0 spiro atoms. The largest absolute Gasteiger partial charge is 0.502 e. The number of ketones is 1. The van der Waals surface area contributed by atoms with Crippen LogP contribution < -0.4 is 10.4 Å². The second-order valence-corrected chi connectivity index (χ2v) is 7.93. The molecule has 31 heavy (non-hydrogen) atoms. The number of benzene rings is 1. The lowest BCUT2D eigenvalue weighted by atomic mass is 10.0. The number of aromatic hydroxyl groups is 1. The highest BCUT2D eigenvalue weighted by Gasteiger charge is 2.41. The average molecular weight is 452 g/mol. The predicted octanol–water partition coefficient (Wildman–Crippen LogP) is 2.83. The van der Waals surface area contributed by atoms with Crippen LogP contribution in [0.1, 0.15) is 52.6 Å². The van der Waals surface area contributed by atoms with Crippen LogP contribution >= 0.6 is 11.6 Å². The molecule has 0 radical (unpaired) electrons. The molecule has 2 aromatic rings. The van der Waals surface area contributed by atoms with E-state index in [1.165, 1.54) is 16.9 Å². The normalized spacial score (nSPS) is 17.7. The van der Waals surface area contributed by atoms with Crippen LogP contribution in [0.15, 0.2) is 23.1 Å². The van der Waals surface area contributed by atoms with Gasteiger partial charge >= 0.3 is 0 Å². The van der Waals surface area contributed by atoms with Crippen molar-refractivity contribution in [1.82, 2.24) is 9.58 Å². The van der Waals surface area contributed by atoms with Gasteiger partial charge in [-0.05, 0) is 37.8 Å². The Morgan fingerprint density at radius 2 is 2.03 bits per heavy atom. The van der Waals surface area contributed by atoms with Gasteiger partial charge in [0.25, 0.3) is 5.91 Å². The Hall–Kier alpha value is -2.94. The van der Waals surface area contributed by atoms with E-state index in [0.29, 0.717) is 13.1 Å². The number of carbonyl (C=O) groups is 2. The summed E-state index contributed by atoms with van der Waals surface area (Å²) in [4.78, 5) is 39.9. The third kappa shape index (κ3) is 3.37. The van der Waals surface area contributed by atoms with Crippen molar-refractivity contribution in [3.05, 3.63) is 62.0 Å². The Kier molecular flexibility index (Phi) is 5.47. The third-order valence-electron chi connectivity index (χ3n) is 5.84. The third-order valence-corrected chi connectivity index (χ3v) is 6.18. The van der Waals surface area contributed by atoms with E-state index < -0.39 is 39.5 Å². The summed E-state index contributed by atoms with van der Waals surface area (Å²) in [5.41, 5.74) is -1.37. The quantitative estimate of drug-likeness (QED) is 0.558. The highest BCUT2D eigenvalue weighted by Crippen LogP contribution is 2.30. The second kappa shape index (κ2) is 7.96. The molecule has 1 aromatic carbocycles. The lowest BCUT2D eigenvalue weighted by Gasteiger charge is -2.42. The van der Waals surface area contributed by atoms with Crippen molar-refractivity contribution in [2.75, 3.05) is 18.1 Å². The SMILES string of the molecule is CCN1C(=O)c2c(O)c(=O)c(C(=O)CCc3ccc(F)c(Cl)c3F)cn2N2CCC[C@@H]12. The van der Waals surface area contributed by atoms with Gasteiger partial charge in [-0.3, -0.25) is 24.1 Å². The van der Waals surface area contributed by atoms with E-state index in [0.717, 1.165) is 18.9 Å². The summed E-state index contributed by atoms with van der Waals surface area (Å²) in [6.45, 7) is 2.83. The summed E-state index contributed by atoms with van der Waals surface area (Å²) < 4.78 is 28.8. The van der Waals surface area contributed by atoms with Gasteiger partial charge in [0.15, 0.2) is 17.2 Å². The van der Waals surface area contributed by atoms with Crippen molar-refractivity contribution in [1.29, 1.82) is 0 Å². The Morgan fingerprint density at radius 3 is 2.74 bits per heavy atom. The zero-order valence-electron chi connectivity index (χ0n) is 16.7. The summed E-state index contributed by atoms with van der Waals surface area (Å²) in [6.07, 6.45) is 2.24. The van der Waals surface area contributed by atoms with Gasteiger partial charge in [0, 0.05) is 25.7 Å². The van der Waals surface area contributed by atoms with Crippen molar-refractivity contribution in [3.8, 4) is 5.75 Å². The number of rotatable bonds is 5. The summed E-state index contributed by atoms with van der Waals surface area (Å²) in [5.74, 6) is -3.74. The van der Waals surface area contributed by atoms with Crippen molar-refractivity contribution < 1.29 is 23.5 Å². The summed E-state index contributed by atoms with van der Waals surface area (Å²) in [6, 6.07) is 2.19. The molecule has 164 valence electrons. The number of fused-ring (bicyclic) bond motifs is 3. The molecule has 10 heteroatoms. The van der Waals surface area contributed by atoms with Crippen molar-refractivity contribution >= 4 is 23.3 Å². The van der Waals surface area contributed by atoms with Gasteiger partial charge in [0.05, 0.1) is 5.56 Å². The van der Waals surface area contributed by atoms with Crippen LogP contribution in [-0.2, 0) is 6.42 Å². The first-order valence-corrected chi connectivity index (χ1v) is 10.4. The number of pyridine rings is 1. The maximum Gasteiger partial charge on any atom is 0.278 e. The number of aromatic nitrogens is 1. The number of aryl methyl sites for hydroxylation is 1. The summed E-state index contributed by atoms with van der Waals surface area (Å²) in [7, 11) is 0. The zero-order valence-corrected chi connectivity index (χ0v) is 17.5. The van der Waals surface area contributed by atoms with Gasteiger partial charge in [-0.25, -0.2) is 8.78 Å². The fraction of sp³-hybridized carbons (Fsp3) is 0.381. The minimum Gasteiger partial charge on any atom is -0.502 e. The molecule has 1 atom stereocenters. The fourth-order valence-electron chi connectivity index (χ4n) is 4.26. The van der Waals surface area contributed by atoms with E-state index in [1.54, 1.807) is 4.90 Å². The Balaban J connectivity index is 1.68. The molecule has 2 aliphatic rings. The summed E-state index contributed by atoms with van der Waals surface area (Å²) >= 11 is 5.57. The van der Waals surface area contributed by atoms with E-state index in [4.69, 9.17) is 11.6 Å². The number of hydrogen-bond acceptors (Lipinski definition) is 5. The van der Waals surface area contributed by atoms with Crippen LogP contribution in [0, 0.1) is 11.6 Å². The molecule has 0 bridgehead atoms. The van der Waals surface area contributed by atoms with Crippen LogP contribution in [-0.4, -0.2) is 45.6 Å². The number of amides is 1. The van der Waals surface area contributed by atoms with Crippen molar-refractivity contribution in [2.45, 2.75) is 38.8 Å². The Bertz CT molecular complexity index is 1150. The molecule has 3 heterocycles. The number of Topliss-reactive ketones (excluding diaryl/α,β-unsaturated/α-hetero) is 1. The van der Waals surface area contributed by atoms with Gasteiger partial charge in [0.1, 0.15) is 22.8 Å². The number of carbonyl (C=O) groups excluding carboxylic acids is 2. The first-order valence-electron chi connectivity index (χ1n) is 9.98. The molecule has 1 saturated heterocycles. The van der Waals surface area contributed by atoms with Gasteiger partial charge < -0.3 is 10.0 Å². The molecular formula is C21H20ClF2N3O4. The van der Waals surface area contributed by atoms with E-state index in [-0.39, 0.29) is 35.8 Å². The first-order chi connectivity index (χ1) is 14.8. The van der Waals surface area contributed by atoms with E-state index in [9.17, 15) is 28.3 Å². The fourth-order valence-corrected chi connectivity index (χ4v) is 4.44. The van der Waals surface area contributed by atoms with E-state index in [1.807, 2.05) is 11.9 Å². The van der Waals surface area contributed by atoms with Crippen LogP contribution in [0.5, 0.6) is 5.75 Å². The maximum absolute atomic E-state index is 14.1. The van der Waals surface area contributed by atoms with Gasteiger partial charge in [-0.2, -0.15) is 0 Å². The maximum atomic E-state index is 14.1. The standard InChI is InChI=1S/C21H20ClF2N3O4/c1-2-25-15-4-3-9-26(15)27-10-12(19(29)20(30)18(27)21(25)31)14(28)8-6-11-5-7-13(23)16(22)17(11)24/h5,7,10,15,30H,2-4,6,8-9H2,1H3/t15-/m0/s1. The minimum absolute atomic E-state index is 0.0374. The first kappa shape index (κ1) is 21.3. The monoisotopic (exact) mass is 451 g/mol. The molecule has 1 fully saturated rings. The number of hydrogen-bond donors (Lipinski definition) is 1. The van der Waals surface area contributed by atoms with E-state index >= 15 is 0 Å². The molecule has 0 unspecified atom stereocenters. The van der Waals surface area contributed by atoms with E-state index in [2.05, 4.69) is 0 Å². The van der Waals surface area contributed by atoms with Crippen molar-refractivity contribution in [2.24, 2.45) is 0 Å². The van der Waals surface area contributed by atoms with Crippen LogP contribution in [0.4, 0.5) is 8.78 Å². The molecule has 4 rings (SSSR count). The zero-order chi connectivity index (χ0) is 22.4. The smallest absolute Gasteiger partial charge is 0.278 e. The van der Waals surface area contributed by atoms with Crippen LogP contribution in [0.2, 0.25) is 5.02 Å². The Morgan fingerprint density at radius 1 is 1.29 bits per heavy atom. The molecule has 1 amide bonds. The second-order valence-electron chi connectivity index (χ2n) is 7.55. The number of halogens is 3. The molecule has 1 aromatic heterocycles. The minimum atomic E-state index is -0.954. The summed E-state index contributed by atoms with van der Waals surface area (Å²) in [5, 5.41) is 11.7. The van der Waals surface area contributed by atoms with Gasteiger partial charge in [0.2, 0.25) is 5.43 Å². The average Bonchev–Trinajstić information content (AvgIpc) is 3.23. The molecule has 2 aliphatic heterocycles. The number of nitrogens with zero attached hydrogens (tertiary/aromatic N) is 3. The Labute approximate surface area is 181 Å². The molecule has 1 N–H and O–H groups in total. The van der Waals surface area contributed by atoms with Crippen LogP contribution in [0.3, 0.4) is 0 Å². The molecule has 0 aliphatic carbocycles.